The quantitative estimate of drug-likeness (QED) is 0.337. The van der Waals surface area contributed by atoms with E-state index in [4.69, 9.17) is 4.74 Å². The molecule has 1 N–H and O–H groups in total. The van der Waals surface area contributed by atoms with Crippen LogP contribution in [0.5, 0.6) is 5.75 Å². The number of pyridine rings is 1. The fourth-order valence-electron chi connectivity index (χ4n) is 4.50. The molecule has 0 saturated carbocycles. The van der Waals surface area contributed by atoms with Crippen molar-refractivity contribution in [2.24, 2.45) is 7.05 Å². The van der Waals surface area contributed by atoms with Crippen molar-refractivity contribution in [3.05, 3.63) is 40.3 Å². The maximum Gasteiger partial charge on any atom is 0.274 e. The van der Waals surface area contributed by atoms with E-state index in [1.54, 1.807) is 37.0 Å². The van der Waals surface area contributed by atoms with Gasteiger partial charge in [0.1, 0.15) is 11.3 Å². The molecule has 3 rings (SSSR count). The smallest absolute Gasteiger partial charge is 0.274 e. The van der Waals surface area contributed by atoms with Gasteiger partial charge < -0.3 is 14.6 Å². The Bertz CT molecular complexity index is 1360. The molecule has 0 fully saturated rings. The maximum atomic E-state index is 13.5. The topological polar surface area (TPSA) is 101 Å². The van der Waals surface area contributed by atoms with Crippen LogP contribution in [0.3, 0.4) is 0 Å². The number of unbranched alkanes of at least 4 members (excludes halogenated alkanes) is 1. The second-order valence-electron chi connectivity index (χ2n) is 9.30. The Kier molecular flexibility index (Phi) is 9.92. The number of H-pyrrole nitrogens is 1. The van der Waals surface area contributed by atoms with Crippen LogP contribution in [-0.4, -0.2) is 72.2 Å². The van der Waals surface area contributed by atoms with E-state index in [0.29, 0.717) is 42.2 Å². The number of ether oxygens (including phenoxy) is 1. The van der Waals surface area contributed by atoms with Crippen LogP contribution in [0, 0.1) is 0 Å². The van der Waals surface area contributed by atoms with Crippen LogP contribution in [0.15, 0.2) is 34.0 Å². The summed E-state index contributed by atoms with van der Waals surface area (Å²) < 4.78 is 35.8. The van der Waals surface area contributed by atoms with Crippen LogP contribution < -0.4 is 10.3 Å². The third kappa shape index (κ3) is 6.42. The number of likely N-dealkylation sites (N-methyl/N-ethyl adjacent to an activating group) is 2. The summed E-state index contributed by atoms with van der Waals surface area (Å²) in [5, 5.41) is 5.30. The van der Waals surface area contributed by atoms with Crippen molar-refractivity contribution in [3.8, 4) is 17.0 Å². The Morgan fingerprint density at radius 2 is 1.81 bits per heavy atom. The van der Waals surface area contributed by atoms with Gasteiger partial charge in [-0.1, -0.05) is 33.6 Å². The molecule has 0 saturated heterocycles. The molecule has 9 nitrogen and oxygen atoms in total. The van der Waals surface area contributed by atoms with Crippen molar-refractivity contribution in [2.45, 2.75) is 58.3 Å². The molecule has 2 heterocycles. The number of nitrogens with one attached hydrogen (secondary N) is 1. The first kappa shape index (κ1) is 28.9. The first-order chi connectivity index (χ1) is 17.7. The van der Waals surface area contributed by atoms with Crippen LogP contribution >= 0.6 is 0 Å². The zero-order chi connectivity index (χ0) is 27.2. The number of hydrogen-bond donors (Lipinski definition) is 1. The summed E-state index contributed by atoms with van der Waals surface area (Å²) in [6.07, 6.45) is 3.83. The lowest BCUT2D eigenvalue weighted by molar-refractivity contribution is 0.265. The molecule has 37 heavy (non-hydrogen) atoms. The lowest BCUT2D eigenvalue weighted by Crippen LogP contribution is -2.36. The Morgan fingerprint density at radius 1 is 1.05 bits per heavy atom. The molecule has 0 bridgehead atoms. The summed E-state index contributed by atoms with van der Waals surface area (Å²) in [6, 6.07) is 6.70. The number of nitrogens with zero attached hydrogens (tertiary/aromatic N) is 4. The molecule has 3 aromatic rings. The molecular weight excluding hydrogens is 490 g/mol. The molecule has 0 atom stereocenters. The summed E-state index contributed by atoms with van der Waals surface area (Å²) in [6.45, 7) is 11.5. The number of rotatable bonds is 14. The molecule has 0 amide bonds. The van der Waals surface area contributed by atoms with Gasteiger partial charge in [0.2, 0.25) is 10.0 Å². The van der Waals surface area contributed by atoms with Crippen LogP contribution in [-0.2, 0) is 23.5 Å². The van der Waals surface area contributed by atoms with Gasteiger partial charge in [0, 0.05) is 38.1 Å². The Hall–Kier alpha value is -2.69. The van der Waals surface area contributed by atoms with Gasteiger partial charge in [0.05, 0.1) is 22.9 Å². The minimum atomic E-state index is -3.75. The Morgan fingerprint density at radius 3 is 2.46 bits per heavy atom. The highest BCUT2D eigenvalue weighted by atomic mass is 32.2. The van der Waals surface area contributed by atoms with Crippen molar-refractivity contribution in [2.75, 3.05) is 39.8 Å². The molecule has 0 unspecified atom stereocenters. The van der Waals surface area contributed by atoms with Crippen molar-refractivity contribution in [1.82, 2.24) is 24.0 Å². The molecule has 10 heteroatoms. The fourth-order valence-corrected chi connectivity index (χ4v) is 5.69. The summed E-state index contributed by atoms with van der Waals surface area (Å²) in [5.74, 6) is 0.511. The zero-order valence-corrected chi connectivity index (χ0v) is 23.8. The number of benzene rings is 1. The predicted molar refractivity (Wildman–Crippen MR) is 149 cm³/mol. The van der Waals surface area contributed by atoms with E-state index in [-0.39, 0.29) is 10.5 Å². The lowest BCUT2D eigenvalue weighted by atomic mass is 10.1. The predicted octanol–water partition coefficient (Wildman–Crippen LogP) is 4.02. The highest BCUT2D eigenvalue weighted by Crippen LogP contribution is 2.33. The van der Waals surface area contributed by atoms with E-state index < -0.39 is 10.0 Å². The standard InChI is InChI=1S/C27H41N5O4S/c1-7-11-15-32(9-3)17-16-30(5)37(34,35)20-13-14-25(36-10-4)21(18-20)24-19-22-23(12-8-2)29-31(6)26(22)27(33)28-24/h13-14,18-19H,7-12,15-17H2,1-6H3,(H,28,33). The third-order valence-electron chi connectivity index (χ3n) is 6.65. The second-order valence-corrected chi connectivity index (χ2v) is 11.3. The minimum Gasteiger partial charge on any atom is -0.493 e. The first-order valence-corrected chi connectivity index (χ1v) is 14.7. The maximum absolute atomic E-state index is 13.5. The second kappa shape index (κ2) is 12.7. The van der Waals surface area contributed by atoms with Gasteiger partial charge in [0.25, 0.3) is 5.56 Å². The SMILES string of the molecule is CCCCN(CC)CCN(C)S(=O)(=O)c1ccc(OCC)c(-c2cc3c(CCC)nn(C)c3c(=O)[nH]2)c1. The molecule has 204 valence electrons. The zero-order valence-electron chi connectivity index (χ0n) is 23.0. The van der Waals surface area contributed by atoms with Crippen molar-refractivity contribution < 1.29 is 13.2 Å². The number of sulfonamides is 1. The fraction of sp³-hybridized carbons (Fsp3) is 0.556. The van der Waals surface area contributed by atoms with E-state index >= 15 is 0 Å². The lowest BCUT2D eigenvalue weighted by Gasteiger charge is -2.24. The normalized spacial score (nSPS) is 12.2. The molecule has 0 radical (unpaired) electrons. The summed E-state index contributed by atoms with van der Waals surface area (Å²) in [7, 11) is -0.380. The summed E-state index contributed by atoms with van der Waals surface area (Å²) in [5.41, 5.74) is 2.10. The van der Waals surface area contributed by atoms with Crippen LogP contribution in [0.4, 0.5) is 0 Å². The molecule has 0 spiro atoms. The molecule has 2 aromatic heterocycles. The van der Waals surface area contributed by atoms with Gasteiger partial charge in [-0.25, -0.2) is 8.42 Å². The molecule has 0 aliphatic rings. The Labute approximate surface area is 220 Å². The molecule has 1 aromatic carbocycles. The van der Waals surface area contributed by atoms with Gasteiger partial charge >= 0.3 is 0 Å². The average Bonchev–Trinajstić information content (AvgIpc) is 3.19. The highest BCUT2D eigenvalue weighted by molar-refractivity contribution is 7.89. The van der Waals surface area contributed by atoms with Crippen molar-refractivity contribution in [3.63, 3.8) is 0 Å². The van der Waals surface area contributed by atoms with Gasteiger partial charge in [-0.05, 0) is 57.1 Å². The molecule has 0 aliphatic carbocycles. The molecule has 0 aliphatic heterocycles. The minimum absolute atomic E-state index is 0.158. The number of fused-ring (bicyclic) bond motifs is 1. The van der Waals surface area contributed by atoms with Gasteiger partial charge in [0.15, 0.2) is 0 Å². The number of aromatic nitrogens is 3. The summed E-state index contributed by atoms with van der Waals surface area (Å²) in [4.78, 5) is 18.4. The van der Waals surface area contributed by atoms with E-state index in [2.05, 4.69) is 35.8 Å². The monoisotopic (exact) mass is 531 g/mol. The first-order valence-electron chi connectivity index (χ1n) is 13.2. The van der Waals surface area contributed by atoms with Gasteiger partial charge in [-0.2, -0.15) is 9.40 Å². The molecular formula is C27H41N5O4S. The summed E-state index contributed by atoms with van der Waals surface area (Å²) >= 11 is 0. The third-order valence-corrected chi connectivity index (χ3v) is 8.51. The van der Waals surface area contributed by atoms with E-state index in [1.165, 1.54) is 4.31 Å². The van der Waals surface area contributed by atoms with Gasteiger partial charge in [-0.15, -0.1) is 0 Å². The number of hydrogen-bond acceptors (Lipinski definition) is 6. The largest absolute Gasteiger partial charge is 0.493 e. The van der Waals surface area contributed by atoms with E-state index in [0.717, 1.165) is 49.9 Å². The Balaban J connectivity index is 2.02. The van der Waals surface area contributed by atoms with E-state index in [9.17, 15) is 13.2 Å². The van der Waals surface area contributed by atoms with Crippen LogP contribution in [0.25, 0.3) is 22.2 Å². The highest BCUT2D eigenvalue weighted by Gasteiger charge is 2.24. The average molecular weight is 532 g/mol. The van der Waals surface area contributed by atoms with Gasteiger partial charge in [-0.3, -0.25) is 9.48 Å². The van der Waals surface area contributed by atoms with E-state index in [1.807, 2.05) is 13.0 Å². The number of aryl methyl sites for hydroxylation is 2. The van der Waals surface area contributed by atoms with Crippen LogP contribution in [0.2, 0.25) is 0 Å². The van der Waals surface area contributed by atoms with Crippen molar-refractivity contribution >= 4 is 20.9 Å². The van der Waals surface area contributed by atoms with Crippen molar-refractivity contribution in [1.29, 1.82) is 0 Å². The number of aromatic amines is 1. The van der Waals surface area contributed by atoms with Crippen LogP contribution in [0.1, 0.15) is 52.7 Å².